The molecule has 0 aliphatic heterocycles. The van der Waals surface area contributed by atoms with Crippen LogP contribution in [0.5, 0.6) is 0 Å². The minimum absolute atomic E-state index is 0.313. The third-order valence-corrected chi connectivity index (χ3v) is 3.40. The van der Waals surface area contributed by atoms with Gasteiger partial charge in [0.2, 0.25) is 0 Å². The van der Waals surface area contributed by atoms with Gasteiger partial charge in [0.25, 0.3) is 5.56 Å². The first kappa shape index (κ1) is 15.5. The zero-order chi connectivity index (χ0) is 15.4. The van der Waals surface area contributed by atoms with Crippen LogP contribution in [0.1, 0.15) is 12.8 Å². The highest BCUT2D eigenvalue weighted by Crippen LogP contribution is 2.05. The van der Waals surface area contributed by atoms with E-state index in [4.69, 9.17) is 10.5 Å². The number of imidazole rings is 1. The van der Waals surface area contributed by atoms with Crippen molar-refractivity contribution >= 4 is 11.2 Å². The first-order valence-electron chi connectivity index (χ1n) is 6.95. The number of nitrogens with zero attached hydrogens (tertiary/aromatic N) is 4. The van der Waals surface area contributed by atoms with Gasteiger partial charge in [-0.2, -0.15) is 0 Å². The molecule has 0 radical (unpaired) electrons. The fourth-order valence-corrected chi connectivity index (χ4v) is 2.33. The molecule has 0 bridgehead atoms. The van der Waals surface area contributed by atoms with Gasteiger partial charge in [0.05, 0.1) is 6.33 Å². The maximum atomic E-state index is 12.5. The molecule has 2 aromatic heterocycles. The van der Waals surface area contributed by atoms with Gasteiger partial charge in [-0.15, -0.1) is 0 Å². The summed E-state index contributed by atoms with van der Waals surface area (Å²) in [5.74, 6) is 0. The molecule has 0 aliphatic rings. The molecule has 0 aliphatic carbocycles. The van der Waals surface area contributed by atoms with Crippen molar-refractivity contribution in [2.45, 2.75) is 25.9 Å². The normalized spacial score (nSPS) is 11.4. The largest absolute Gasteiger partial charge is 0.385 e. The van der Waals surface area contributed by atoms with Crippen molar-refractivity contribution in [3.63, 3.8) is 0 Å². The van der Waals surface area contributed by atoms with Gasteiger partial charge in [0, 0.05) is 33.9 Å². The van der Waals surface area contributed by atoms with E-state index in [-0.39, 0.29) is 11.2 Å². The molecule has 2 aromatic rings. The van der Waals surface area contributed by atoms with Gasteiger partial charge in [-0.1, -0.05) is 0 Å². The monoisotopic (exact) mass is 295 g/mol. The Morgan fingerprint density at radius 3 is 2.62 bits per heavy atom. The number of nitrogens with two attached hydrogens (primary N) is 1. The molecule has 0 amide bonds. The van der Waals surface area contributed by atoms with Gasteiger partial charge in [0.15, 0.2) is 11.2 Å². The Bertz CT molecular complexity index is 728. The Balaban J connectivity index is 2.59. The molecule has 116 valence electrons. The summed E-state index contributed by atoms with van der Waals surface area (Å²) < 4.78 is 9.43. The Kier molecular flexibility index (Phi) is 4.92. The lowest BCUT2D eigenvalue weighted by Gasteiger charge is -2.11. The van der Waals surface area contributed by atoms with Gasteiger partial charge < -0.3 is 15.0 Å². The average Bonchev–Trinajstić information content (AvgIpc) is 2.84. The van der Waals surface area contributed by atoms with Crippen LogP contribution in [0.4, 0.5) is 0 Å². The van der Waals surface area contributed by atoms with E-state index in [0.29, 0.717) is 50.2 Å². The van der Waals surface area contributed by atoms with Gasteiger partial charge in [-0.25, -0.2) is 9.78 Å². The summed E-state index contributed by atoms with van der Waals surface area (Å²) in [6.45, 7) is 1.75. The summed E-state index contributed by atoms with van der Waals surface area (Å²) >= 11 is 0. The first-order chi connectivity index (χ1) is 10.1. The molecule has 0 fully saturated rings. The molecule has 8 nitrogen and oxygen atoms in total. The zero-order valence-corrected chi connectivity index (χ0v) is 12.4. The van der Waals surface area contributed by atoms with E-state index >= 15 is 0 Å². The van der Waals surface area contributed by atoms with Crippen molar-refractivity contribution in [2.24, 2.45) is 12.8 Å². The van der Waals surface area contributed by atoms with Crippen molar-refractivity contribution in [1.82, 2.24) is 18.7 Å². The maximum absolute atomic E-state index is 12.5. The molecule has 21 heavy (non-hydrogen) atoms. The van der Waals surface area contributed by atoms with Crippen molar-refractivity contribution in [2.75, 3.05) is 20.3 Å². The number of methoxy groups -OCH3 is 1. The number of hydrogen-bond acceptors (Lipinski definition) is 5. The van der Waals surface area contributed by atoms with Crippen molar-refractivity contribution in [1.29, 1.82) is 0 Å². The molecular formula is C13H21N5O3. The van der Waals surface area contributed by atoms with Crippen molar-refractivity contribution < 1.29 is 4.74 Å². The van der Waals surface area contributed by atoms with Crippen molar-refractivity contribution in [3.8, 4) is 0 Å². The van der Waals surface area contributed by atoms with Gasteiger partial charge in [-0.3, -0.25) is 13.9 Å². The fourth-order valence-electron chi connectivity index (χ4n) is 2.33. The number of aromatic nitrogens is 4. The topological polar surface area (TPSA) is 97.1 Å². The minimum atomic E-state index is -0.337. The molecular weight excluding hydrogens is 274 g/mol. The highest BCUT2D eigenvalue weighted by atomic mass is 16.5. The fraction of sp³-hybridized carbons (Fsp3) is 0.615. The molecule has 0 saturated heterocycles. The van der Waals surface area contributed by atoms with Crippen LogP contribution >= 0.6 is 0 Å². The van der Waals surface area contributed by atoms with E-state index < -0.39 is 0 Å². The van der Waals surface area contributed by atoms with E-state index in [2.05, 4.69) is 4.98 Å². The highest BCUT2D eigenvalue weighted by molar-refractivity contribution is 5.69. The van der Waals surface area contributed by atoms with Crippen LogP contribution in [0.2, 0.25) is 0 Å². The third-order valence-electron chi connectivity index (χ3n) is 3.40. The standard InChI is InChI=1S/C13H21N5O3/c1-16-9-15-11-10(16)12(19)18(6-3-5-14)13(20)17(11)7-4-8-21-2/h9H,3-8,14H2,1-2H3. The number of aryl methyl sites for hydroxylation is 2. The van der Waals surface area contributed by atoms with Gasteiger partial charge in [0.1, 0.15) is 0 Å². The summed E-state index contributed by atoms with van der Waals surface area (Å²) in [5, 5.41) is 0. The predicted molar refractivity (Wildman–Crippen MR) is 79.4 cm³/mol. The van der Waals surface area contributed by atoms with Crippen LogP contribution < -0.4 is 17.0 Å². The van der Waals surface area contributed by atoms with Crippen LogP contribution in [0.3, 0.4) is 0 Å². The number of fused-ring (bicyclic) bond motifs is 1. The third kappa shape index (κ3) is 2.91. The molecule has 0 aromatic carbocycles. The van der Waals surface area contributed by atoms with Crippen LogP contribution in [0, 0.1) is 0 Å². The second kappa shape index (κ2) is 6.68. The lowest BCUT2D eigenvalue weighted by atomic mass is 10.4. The molecule has 2 rings (SSSR count). The lowest BCUT2D eigenvalue weighted by molar-refractivity contribution is 0.190. The summed E-state index contributed by atoms with van der Waals surface area (Å²) in [7, 11) is 3.36. The number of ether oxygens (including phenoxy) is 1. The highest BCUT2D eigenvalue weighted by Gasteiger charge is 2.16. The predicted octanol–water partition coefficient (Wildman–Crippen LogP) is -0.718. The van der Waals surface area contributed by atoms with E-state index in [0.717, 1.165) is 0 Å². The number of rotatable bonds is 7. The van der Waals surface area contributed by atoms with Gasteiger partial charge in [-0.05, 0) is 19.4 Å². The Morgan fingerprint density at radius 2 is 1.95 bits per heavy atom. The van der Waals surface area contributed by atoms with Crippen LogP contribution in [0.25, 0.3) is 11.2 Å². The average molecular weight is 295 g/mol. The maximum Gasteiger partial charge on any atom is 0.332 e. The smallest absolute Gasteiger partial charge is 0.332 e. The molecule has 0 unspecified atom stereocenters. The lowest BCUT2D eigenvalue weighted by Crippen LogP contribution is -2.41. The molecule has 0 saturated carbocycles. The second-order valence-electron chi connectivity index (χ2n) is 4.91. The molecule has 2 N–H and O–H groups in total. The summed E-state index contributed by atoms with van der Waals surface area (Å²) in [5.41, 5.74) is 5.68. The van der Waals surface area contributed by atoms with E-state index in [1.165, 1.54) is 9.13 Å². The van der Waals surface area contributed by atoms with Crippen molar-refractivity contribution in [3.05, 3.63) is 27.2 Å². The quantitative estimate of drug-likeness (QED) is 0.680. The Morgan fingerprint density at radius 1 is 1.24 bits per heavy atom. The minimum Gasteiger partial charge on any atom is -0.385 e. The summed E-state index contributed by atoms with van der Waals surface area (Å²) in [6.07, 6.45) is 2.80. The molecule has 2 heterocycles. The van der Waals surface area contributed by atoms with E-state index in [9.17, 15) is 9.59 Å². The Hall–Kier alpha value is -1.93. The second-order valence-corrected chi connectivity index (χ2v) is 4.91. The Labute approximate surface area is 121 Å². The molecule has 0 atom stereocenters. The zero-order valence-electron chi connectivity index (χ0n) is 12.4. The molecule has 0 spiro atoms. The van der Waals surface area contributed by atoms with Crippen LogP contribution in [-0.4, -0.2) is 38.9 Å². The SMILES string of the molecule is COCCCn1c(=O)n(CCCN)c(=O)c2c1ncn2C. The van der Waals surface area contributed by atoms with E-state index in [1.54, 1.807) is 25.1 Å². The van der Waals surface area contributed by atoms with Crippen LogP contribution in [-0.2, 0) is 24.9 Å². The first-order valence-corrected chi connectivity index (χ1v) is 6.95. The van der Waals surface area contributed by atoms with Gasteiger partial charge >= 0.3 is 5.69 Å². The number of hydrogen-bond donors (Lipinski definition) is 1. The summed E-state index contributed by atoms with van der Waals surface area (Å²) in [4.78, 5) is 29.1. The van der Waals surface area contributed by atoms with E-state index in [1.807, 2.05) is 0 Å². The molecule has 8 heteroatoms. The summed E-state index contributed by atoms with van der Waals surface area (Å²) in [6, 6.07) is 0. The van der Waals surface area contributed by atoms with Crippen LogP contribution in [0.15, 0.2) is 15.9 Å².